The molecule has 2 aromatic heterocycles. The molecule has 3 rings (SSSR count). The highest BCUT2D eigenvalue weighted by Crippen LogP contribution is 2.13. The van der Waals surface area contributed by atoms with Crippen LogP contribution < -0.4 is 10.9 Å². The molecule has 0 unspecified atom stereocenters. The summed E-state index contributed by atoms with van der Waals surface area (Å²) in [6.45, 7) is 3.79. The number of aromatic nitrogens is 3. The number of carbonyl (C=O) groups is 2. The zero-order valence-electron chi connectivity index (χ0n) is 18.0. The van der Waals surface area contributed by atoms with Crippen LogP contribution in [-0.2, 0) is 17.8 Å². The summed E-state index contributed by atoms with van der Waals surface area (Å²) in [5.41, 5.74) is 3.08. The molecule has 0 aliphatic rings. The minimum Gasteiger partial charge on any atom is -0.349 e. The van der Waals surface area contributed by atoms with Crippen molar-refractivity contribution in [3.63, 3.8) is 0 Å². The number of benzene rings is 1. The molecule has 0 radical (unpaired) electrons. The maximum Gasteiger partial charge on any atom is 0.264 e. The number of hydrogen-bond acceptors (Lipinski definition) is 5. The third kappa shape index (κ3) is 5.42. The molecule has 0 atom stereocenters. The van der Waals surface area contributed by atoms with Gasteiger partial charge in [0.05, 0.1) is 30.6 Å². The fraction of sp³-hybridized carbons (Fsp3) is 0.261. The first-order chi connectivity index (χ1) is 14.7. The molecule has 0 bridgehead atoms. The minimum atomic E-state index is -0.482. The maximum absolute atomic E-state index is 12.9. The van der Waals surface area contributed by atoms with E-state index in [9.17, 15) is 14.4 Å². The van der Waals surface area contributed by atoms with Gasteiger partial charge in [-0.25, -0.2) is 0 Å². The summed E-state index contributed by atoms with van der Waals surface area (Å²) in [5.74, 6) is -0.487. The van der Waals surface area contributed by atoms with Crippen LogP contribution in [0.5, 0.6) is 0 Å². The molecule has 160 valence electrons. The summed E-state index contributed by atoms with van der Waals surface area (Å²) in [5, 5.41) is 2.77. The SMILES string of the molecule is Cc1cnc(Cn2ccc(C)c(C(=O)Nc3ccc(CC(=O)N(C)C)cc3)c2=O)cn1. The van der Waals surface area contributed by atoms with E-state index in [4.69, 9.17) is 0 Å². The summed E-state index contributed by atoms with van der Waals surface area (Å²) < 4.78 is 1.44. The molecular weight excluding hydrogens is 394 g/mol. The van der Waals surface area contributed by atoms with Crippen LogP contribution in [-0.4, -0.2) is 45.3 Å². The van der Waals surface area contributed by atoms with Gasteiger partial charge in [-0.3, -0.25) is 24.4 Å². The number of nitrogens with zero attached hydrogens (tertiary/aromatic N) is 4. The van der Waals surface area contributed by atoms with E-state index in [0.717, 1.165) is 11.3 Å². The Hall–Kier alpha value is -3.81. The Labute approximate surface area is 180 Å². The van der Waals surface area contributed by atoms with Crippen LogP contribution in [0, 0.1) is 13.8 Å². The Kier molecular flexibility index (Phi) is 6.59. The molecular formula is C23H25N5O3. The third-order valence-electron chi connectivity index (χ3n) is 4.83. The lowest BCUT2D eigenvalue weighted by atomic mass is 10.1. The average molecular weight is 419 g/mol. The number of aryl methyl sites for hydroxylation is 2. The lowest BCUT2D eigenvalue weighted by Crippen LogP contribution is -2.30. The van der Waals surface area contributed by atoms with Gasteiger partial charge in [0, 0.05) is 32.2 Å². The highest BCUT2D eigenvalue weighted by atomic mass is 16.2. The second kappa shape index (κ2) is 9.34. The summed E-state index contributed by atoms with van der Waals surface area (Å²) in [4.78, 5) is 47.6. The van der Waals surface area contributed by atoms with Crippen LogP contribution in [0.1, 0.15) is 32.9 Å². The van der Waals surface area contributed by atoms with Crippen molar-refractivity contribution in [2.24, 2.45) is 0 Å². The summed E-state index contributed by atoms with van der Waals surface area (Å²) in [6, 6.07) is 8.73. The van der Waals surface area contributed by atoms with E-state index >= 15 is 0 Å². The second-order valence-electron chi connectivity index (χ2n) is 7.57. The van der Waals surface area contributed by atoms with Crippen molar-refractivity contribution in [2.45, 2.75) is 26.8 Å². The maximum atomic E-state index is 12.9. The lowest BCUT2D eigenvalue weighted by molar-refractivity contribution is -0.127. The normalized spacial score (nSPS) is 10.6. The van der Waals surface area contributed by atoms with Gasteiger partial charge in [-0.15, -0.1) is 0 Å². The van der Waals surface area contributed by atoms with Gasteiger partial charge in [0.1, 0.15) is 5.56 Å². The molecule has 3 aromatic rings. The number of carbonyl (C=O) groups excluding carboxylic acids is 2. The molecule has 2 amide bonds. The topological polar surface area (TPSA) is 97.2 Å². The predicted octanol–water partition coefficient (Wildman–Crippen LogP) is 2.19. The summed E-state index contributed by atoms with van der Waals surface area (Å²) in [6.07, 6.45) is 5.18. The van der Waals surface area contributed by atoms with Crippen LogP contribution in [0.15, 0.2) is 53.7 Å². The summed E-state index contributed by atoms with van der Waals surface area (Å²) >= 11 is 0. The number of nitrogens with one attached hydrogen (secondary N) is 1. The van der Waals surface area contributed by atoms with Gasteiger partial charge >= 0.3 is 0 Å². The minimum absolute atomic E-state index is 0.00415. The smallest absolute Gasteiger partial charge is 0.264 e. The predicted molar refractivity (Wildman–Crippen MR) is 118 cm³/mol. The van der Waals surface area contributed by atoms with Gasteiger partial charge in [-0.05, 0) is 43.2 Å². The monoisotopic (exact) mass is 419 g/mol. The number of amides is 2. The third-order valence-corrected chi connectivity index (χ3v) is 4.83. The van der Waals surface area contributed by atoms with E-state index in [-0.39, 0.29) is 24.4 Å². The van der Waals surface area contributed by atoms with Crippen molar-refractivity contribution in [1.82, 2.24) is 19.4 Å². The Balaban J connectivity index is 1.77. The van der Waals surface area contributed by atoms with Crippen LogP contribution in [0.25, 0.3) is 0 Å². The zero-order valence-corrected chi connectivity index (χ0v) is 18.0. The quantitative estimate of drug-likeness (QED) is 0.661. The molecule has 31 heavy (non-hydrogen) atoms. The van der Waals surface area contributed by atoms with Crippen molar-refractivity contribution >= 4 is 17.5 Å². The average Bonchev–Trinajstić information content (AvgIpc) is 2.73. The second-order valence-corrected chi connectivity index (χ2v) is 7.57. The van der Waals surface area contributed by atoms with E-state index in [0.29, 0.717) is 16.9 Å². The molecule has 1 N–H and O–H groups in total. The van der Waals surface area contributed by atoms with Gasteiger partial charge in [0.15, 0.2) is 0 Å². The first-order valence-electron chi connectivity index (χ1n) is 9.82. The van der Waals surface area contributed by atoms with Crippen LogP contribution in [0.3, 0.4) is 0 Å². The molecule has 0 saturated heterocycles. The Morgan fingerprint density at radius 1 is 1.03 bits per heavy atom. The van der Waals surface area contributed by atoms with Crippen molar-refractivity contribution in [2.75, 3.05) is 19.4 Å². The number of pyridine rings is 1. The van der Waals surface area contributed by atoms with Crippen LogP contribution >= 0.6 is 0 Å². The zero-order chi connectivity index (χ0) is 22.5. The highest BCUT2D eigenvalue weighted by molar-refractivity contribution is 6.05. The molecule has 2 heterocycles. The summed E-state index contributed by atoms with van der Waals surface area (Å²) in [7, 11) is 3.41. The molecule has 0 aliphatic heterocycles. The molecule has 1 aromatic carbocycles. The van der Waals surface area contributed by atoms with Gasteiger partial charge in [-0.1, -0.05) is 12.1 Å². The first-order valence-corrected chi connectivity index (χ1v) is 9.82. The molecule has 0 aliphatic carbocycles. The fourth-order valence-electron chi connectivity index (χ4n) is 2.97. The van der Waals surface area contributed by atoms with Crippen molar-refractivity contribution in [1.29, 1.82) is 0 Å². The Morgan fingerprint density at radius 3 is 2.35 bits per heavy atom. The number of rotatable bonds is 6. The van der Waals surface area contributed by atoms with E-state index < -0.39 is 11.5 Å². The Bertz CT molecular complexity index is 1150. The molecule has 8 nitrogen and oxygen atoms in total. The molecule has 8 heteroatoms. The fourth-order valence-corrected chi connectivity index (χ4v) is 2.97. The van der Waals surface area contributed by atoms with E-state index in [1.54, 1.807) is 69.9 Å². The molecule has 0 fully saturated rings. The van der Waals surface area contributed by atoms with E-state index in [1.165, 1.54) is 9.47 Å². The highest BCUT2D eigenvalue weighted by Gasteiger charge is 2.17. The first kappa shape index (κ1) is 21.9. The van der Waals surface area contributed by atoms with Crippen molar-refractivity contribution in [3.05, 3.63) is 87.4 Å². The number of anilines is 1. The van der Waals surface area contributed by atoms with Gasteiger partial charge in [0.2, 0.25) is 5.91 Å². The van der Waals surface area contributed by atoms with Crippen LogP contribution in [0.4, 0.5) is 5.69 Å². The molecule has 0 saturated carbocycles. The van der Waals surface area contributed by atoms with Crippen LogP contribution in [0.2, 0.25) is 0 Å². The largest absolute Gasteiger partial charge is 0.349 e. The van der Waals surface area contributed by atoms with Gasteiger partial charge < -0.3 is 14.8 Å². The Morgan fingerprint density at radius 2 is 1.74 bits per heavy atom. The van der Waals surface area contributed by atoms with Crippen molar-refractivity contribution < 1.29 is 9.59 Å². The standard InChI is InChI=1S/C23H25N5O3/c1-15-9-10-28(14-19-13-24-16(2)12-25-19)23(31)21(15)22(30)26-18-7-5-17(6-8-18)11-20(29)27(3)4/h5-10,12-13H,11,14H2,1-4H3,(H,26,30). The lowest BCUT2D eigenvalue weighted by Gasteiger charge is -2.12. The van der Waals surface area contributed by atoms with Gasteiger partial charge in [-0.2, -0.15) is 0 Å². The van der Waals surface area contributed by atoms with Crippen molar-refractivity contribution in [3.8, 4) is 0 Å². The van der Waals surface area contributed by atoms with E-state index in [2.05, 4.69) is 15.3 Å². The molecule has 0 spiro atoms. The van der Waals surface area contributed by atoms with Gasteiger partial charge in [0.25, 0.3) is 11.5 Å². The van der Waals surface area contributed by atoms with E-state index in [1.807, 2.05) is 6.92 Å². The number of hydrogen-bond donors (Lipinski definition) is 1. The number of likely N-dealkylation sites (N-methyl/N-ethyl adjacent to an activating group) is 1.